The van der Waals surface area contributed by atoms with Gasteiger partial charge in [0.2, 0.25) is 0 Å². The Morgan fingerprint density at radius 1 is 0.565 bits per heavy atom. The third-order valence-electron chi connectivity index (χ3n) is 11.7. The third-order valence-corrected chi connectivity index (χ3v) is 33.2. The molecule has 4 atom stereocenters. The Hall–Kier alpha value is -2.54. The number of rotatable bonds is 9. The fourth-order valence-electron chi connectivity index (χ4n) is 8.31. The van der Waals surface area contributed by atoms with Crippen LogP contribution in [0.15, 0.2) is 83.9 Å². The van der Waals surface area contributed by atoms with E-state index in [1.807, 2.05) is 0 Å². The molecular weight excluding hydrogens is 648 g/mol. The van der Waals surface area contributed by atoms with Crippen LogP contribution in [0.4, 0.5) is 0 Å². The molecule has 0 spiro atoms. The molecule has 237 valence electrons. The van der Waals surface area contributed by atoms with E-state index in [-0.39, 0.29) is 0 Å². The van der Waals surface area contributed by atoms with Crippen LogP contribution in [-0.4, -0.2) is 5.92 Å². The molecule has 6 rings (SSSR count). The average molecular weight is 701 g/mol. The van der Waals surface area contributed by atoms with Crippen molar-refractivity contribution in [2.75, 3.05) is 0 Å². The van der Waals surface area contributed by atoms with Crippen molar-refractivity contribution in [3.8, 4) is 22.3 Å². The maximum atomic E-state index is 2.72. The first-order chi connectivity index (χ1) is 22.1. The summed E-state index contributed by atoms with van der Waals surface area (Å²) >= 11 is -2.25. The first kappa shape index (κ1) is 33.4. The predicted molar refractivity (Wildman–Crippen MR) is 202 cm³/mol. The number of fused-ring (bicyclic) bond motifs is 2. The minimum atomic E-state index is -2.25. The van der Waals surface area contributed by atoms with Gasteiger partial charge in [-0.05, 0) is 0 Å². The van der Waals surface area contributed by atoms with Crippen molar-refractivity contribution in [3.05, 3.63) is 128 Å². The van der Waals surface area contributed by atoms with E-state index >= 15 is 0 Å². The van der Waals surface area contributed by atoms with Crippen LogP contribution in [0.5, 0.6) is 0 Å². The molecule has 2 aliphatic rings. The molecule has 0 saturated heterocycles. The molecule has 0 radical (unpaired) electrons. The van der Waals surface area contributed by atoms with Gasteiger partial charge >= 0.3 is 290 Å². The van der Waals surface area contributed by atoms with E-state index in [9.17, 15) is 0 Å². The summed E-state index contributed by atoms with van der Waals surface area (Å²) in [5.41, 5.74) is 21.2. The summed E-state index contributed by atoms with van der Waals surface area (Å²) in [6.45, 7) is 24.4. The van der Waals surface area contributed by atoms with Crippen LogP contribution in [0.1, 0.15) is 92.3 Å². The minimum absolute atomic E-state index is 0.602. The molecule has 0 saturated carbocycles. The number of benzene rings is 4. The molecule has 0 nitrogen and oxygen atoms in total. The van der Waals surface area contributed by atoms with Crippen molar-refractivity contribution in [2.24, 2.45) is 11.8 Å². The topological polar surface area (TPSA) is 0 Å². The van der Waals surface area contributed by atoms with E-state index in [0.717, 1.165) is 0 Å². The van der Waals surface area contributed by atoms with Gasteiger partial charge in [0, 0.05) is 0 Å². The summed E-state index contributed by atoms with van der Waals surface area (Å²) in [5, 5.41) is 0. The summed E-state index contributed by atoms with van der Waals surface area (Å²) in [4.78, 5) is 0. The Balaban J connectivity index is 1.57. The summed E-state index contributed by atoms with van der Waals surface area (Å²) in [5.74, 6) is 0.214. The van der Waals surface area contributed by atoms with Gasteiger partial charge in [-0.1, -0.05) is 0 Å². The molecule has 4 unspecified atom stereocenters. The monoisotopic (exact) mass is 699 g/mol. The van der Waals surface area contributed by atoms with Gasteiger partial charge < -0.3 is 0 Å². The first-order valence-electron chi connectivity index (χ1n) is 17.8. The molecule has 0 amide bonds. The molecule has 2 heteroatoms. The molecule has 0 bridgehead atoms. The van der Waals surface area contributed by atoms with Crippen LogP contribution >= 0.6 is 0 Å². The standard InChI is InChI=1S/2C21H23.C2H7Si.Zr/c2*1-5-14(2)18-12-17-9-7-11-20(21(17)13-18)19-10-6-8-15(3)16(19)4;1-3-2;/h2*6-14H,5H2,1-4H3;3H,1-2H3;. The Bertz CT molecular complexity index is 1710. The van der Waals surface area contributed by atoms with Crippen LogP contribution in [0, 0.1) is 39.5 Å². The molecule has 4 aromatic rings. The second kappa shape index (κ2) is 13.5. The molecule has 0 heterocycles. The van der Waals surface area contributed by atoms with Gasteiger partial charge in [0.15, 0.2) is 0 Å². The van der Waals surface area contributed by atoms with Gasteiger partial charge in [-0.3, -0.25) is 0 Å². The summed E-state index contributed by atoms with van der Waals surface area (Å²) in [6, 6.07) is 28.3. The van der Waals surface area contributed by atoms with Crippen molar-refractivity contribution in [1.82, 2.24) is 0 Å². The number of hydrogen-bond donors (Lipinski definition) is 0. The molecule has 46 heavy (non-hydrogen) atoms. The SMILES string of the molecule is CCC(C)C1=Cc2c(-c3cccc(C)c3C)cccc2[CH]1[Zr]([CH]1C(C(C)CC)=Cc2c(-c3cccc(C)c3C)cccc21)[SiH](C)C. The van der Waals surface area contributed by atoms with E-state index < -0.39 is 26.8 Å². The van der Waals surface area contributed by atoms with Gasteiger partial charge in [-0.25, -0.2) is 0 Å². The Labute approximate surface area is 288 Å². The summed E-state index contributed by atoms with van der Waals surface area (Å²) in [6.07, 6.45) is 7.80. The van der Waals surface area contributed by atoms with Crippen LogP contribution in [0.3, 0.4) is 0 Å². The molecule has 4 aromatic carbocycles. The zero-order valence-electron chi connectivity index (χ0n) is 29.9. The molecular formula is C44H53SiZr. The summed E-state index contributed by atoms with van der Waals surface area (Å²) in [7, 11) is 0. The quantitative estimate of drug-likeness (QED) is 0.153. The van der Waals surface area contributed by atoms with Crippen molar-refractivity contribution in [1.29, 1.82) is 0 Å². The van der Waals surface area contributed by atoms with Crippen molar-refractivity contribution in [2.45, 2.75) is 88.6 Å². The fraction of sp³-hybridized carbons (Fsp3) is 0.364. The van der Waals surface area contributed by atoms with E-state index in [2.05, 4.69) is 153 Å². The predicted octanol–water partition coefficient (Wildman–Crippen LogP) is 12.5. The van der Waals surface area contributed by atoms with Crippen molar-refractivity contribution in [3.63, 3.8) is 0 Å². The van der Waals surface area contributed by atoms with E-state index in [1.165, 1.54) is 68.5 Å². The zero-order valence-corrected chi connectivity index (χ0v) is 33.5. The molecule has 0 aliphatic heterocycles. The van der Waals surface area contributed by atoms with Gasteiger partial charge in [0.25, 0.3) is 0 Å². The first-order valence-corrected chi connectivity index (χ1v) is 27.8. The van der Waals surface area contributed by atoms with Gasteiger partial charge in [-0.15, -0.1) is 0 Å². The van der Waals surface area contributed by atoms with Crippen LogP contribution < -0.4 is 0 Å². The second-order valence-corrected chi connectivity index (χ2v) is 34.6. The van der Waals surface area contributed by atoms with Gasteiger partial charge in [0.05, 0.1) is 0 Å². The average Bonchev–Trinajstić information content (AvgIpc) is 3.63. The Morgan fingerprint density at radius 3 is 1.30 bits per heavy atom. The summed E-state index contributed by atoms with van der Waals surface area (Å²) < 4.78 is 1.30. The van der Waals surface area contributed by atoms with E-state index in [4.69, 9.17) is 0 Å². The molecule has 2 aliphatic carbocycles. The number of hydrogen-bond acceptors (Lipinski definition) is 0. The van der Waals surface area contributed by atoms with Crippen LogP contribution in [-0.2, 0) is 20.9 Å². The van der Waals surface area contributed by atoms with Crippen LogP contribution in [0.2, 0.25) is 13.1 Å². The Kier molecular flexibility index (Phi) is 9.81. The Morgan fingerprint density at radius 2 is 0.935 bits per heavy atom. The molecule has 0 N–H and O–H groups in total. The zero-order chi connectivity index (χ0) is 32.9. The van der Waals surface area contributed by atoms with E-state index in [1.54, 1.807) is 22.3 Å². The fourth-order valence-corrected chi connectivity index (χ4v) is 31.4. The third kappa shape index (κ3) is 5.66. The second-order valence-electron chi connectivity index (χ2n) is 14.5. The van der Waals surface area contributed by atoms with E-state index in [0.29, 0.717) is 19.1 Å². The van der Waals surface area contributed by atoms with Crippen molar-refractivity contribution >= 4 is 18.1 Å². The van der Waals surface area contributed by atoms with Gasteiger partial charge in [-0.2, -0.15) is 0 Å². The normalized spacial score (nSPS) is 18.2. The van der Waals surface area contributed by atoms with Crippen molar-refractivity contribution < 1.29 is 20.9 Å². The number of allylic oxidation sites excluding steroid dienone is 2. The molecule has 0 fully saturated rings. The number of aryl methyl sites for hydroxylation is 2. The molecule has 0 aromatic heterocycles. The van der Waals surface area contributed by atoms with Gasteiger partial charge in [0.1, 0.15) is 0 Å². The van der Waals surface area contributed by atoms with Crippen LogP contribution in [0.25, 0.3) is 34.4 Å². The maximum absolute atomic E-state index is 2.72.